The molecular formula is C12H15N3O4S. The van der Waals surface area contributed by atoms with Gasteiger partial charge in [0, 0.05) is 18.2 Å². The second kappa shape index (κ2) is 6.98. The molecule has 0 unspecified atom stereocenters. The minimum atomic E-state index is -3.46. The molecule has 1 aromatic rings. The number of nitro benzene ring substituents is 1. The number of nitrogens with zero attached hydrogens (tertiary/aromatic N) is 2. The Kier molecular flexibility index (Phi) is 5.61. The molecule has 0 heterocycles. The molecule has 0 aromatic heterocycles. The number of benzene rings is 1. The molecule has 0 radical (unpaired) electrons. The molecular weight excluding hydrogens is 282 g/mol. The Morgan fingerprint density at radius 2 is 2.00 bits per heavy atom. The molecule has 0 saturated carbocycles. The fourth-order valence-corrected chi connectivity index (χ4v) is 2.90. The number of sulfonamides is 1. The number of rotatable bonds is 7. The van der Waals surface area contributed by atoms with Gasteiger partial charge in [0.2, 0.25) is 10.0 Å². The van der Waals surface area contributed by atoms with Crippen LogP contribution in [-0.2, 0) is 16.4 Å². The Morgan fingerprint density at radius 3 is 2.50 bits per heavy atom. The smallest absolute Gasteiger partial charge is 0.258 e. The van der Waals surface area contributed by atoms with Gasteiger partial charge in [-0.25, -0.2) is 13.1 Å². The Labute approximate surface area is 117 Å². The van der Waals surface area contributed by atoms with E-state index >= 15 is 0 Å². The third-order valence-electron chi connectivity index (χ3n) is 2.58. The molecule has 1 N–H and O–H groups in total. The Bertz CT molecular complexity index is 605. The molecule has 1 aromatic carbocycles. The van der Waals surface area contributed by atoms with Crippen LogP contribution >= 0.6 is 0 Å². The molecule has 0 amide bonds. The second-order valence-corrected chi connectivity index (χ2v) is 6.25. The lowest BCUT2D eigenvalue weighted by Crippen LogP contribution is -2.34. The molecule has 8 heteroatoms. The first-order chi connectivity index (χ1) is 9.34. The molecule has 7 nitrogen and oxygen atoms in total. The van der Waals surface area contributed by atoms with E-state index < -0.39 is 21.0 Å². The highest BCUT2D eigenvalue weighted by Crippen LogP contribution is 2.12. The van der Waals surface area contributed by atoms with Gasteiger partial charge in [0.15, 0.2) is 0 Å². The first-order valence-corrected chi connectivity index (χ1v) is 7.59. The van der Waals surface area contributed by atoms with Crippen LogP contribution in [0.5, 0.6) is 0 Å². The lowest BCUT2D eigenvalue weighted by atomic mass is 10.1. The van der Waals surface area contributed by atoms with E-state index in [1.165, 1.54) is 24.3 Å². The lowest BCUT2D eigenvalue weighted by Gasteiger charge is -2.10. The van der Waals surface area contributed by atoms with E-state index in [9.17, 15) is 18.5 Å². The van der Waals surface area contributed by atoms with Gasteiger partial charge >= 0.3 is 0 Å². The summed E-state index contributed by atoms with van der Waals surface area (Å²) in [5.41, 5.74) is 0.672. The third-order valence-corrected chi connectivity index (χ3v) is 4.09. The van der Waals surface area contributed by atoms with Gasteiger partial charge in [-0.1, -0.05) is 12.1 Å². The van der Waals surface area contributed by atoms with E-state index in [2.05, 4.69) is 4.72 Å². The summed E-state index contributed by atoms with van der Waals surface area (Å²) < 4.78 is 25.9. The van der Waals surface area contributed by atoms with Gasteiger partial charge in [0.05, 0.1) is 23.2 Å². The van der Waals surface area contributed by atoms with Gasteiger partial charge in [0.1, 0.15) is 0 Å². The lowest BCUT2D eigenvalue weighted by molar-refractivity contribution is -0.384. The van der Waals surface area contributed by atoms with Crippen LogP contribution in [-0.4, -0.2) is 25.1 Å². The Hall–Kier alpha value is -1.98. The number of nitrogens with one attached hydrogen (secondary N) is 1. The normalized spacial score (nSPS) is 12.6. The SMILES string of the molecule is C[C@@H](CC#N)NS(=O)(=O)CCc1ccc([N+](=O)[O-])cc1. The van der Waals surface area contributed by atoms with Gasteiger partial charge < -0.3 is 0 Å². The second-order valence-electron chi connectivity index (χ2n) is 4.37. The summed E-state index contributed by atoms with van der Waals surface area (Å²) in [5, 5.41) is 19.0. The zero-order valence-electron chi connectivity index (χ0n) is 10.9. The topological polar surface area (TPSA) is 113 Å². The predicted octanol–water partition coefficient (Wildman–Crippen LogP) is 1.36. The van der Waals surface area contributed by atoms with Crippen LogP contribution in [0.4, 0.5) is 5.69 Å². The van der Waals surface area contributed by atoms with E-state index in [1.807, 2.05) is 6.07 Å². The van der Waals surface area contributed by atoms with Crippen LogP contribution in [0.25, 0.3) is 0 Å². The zero-order valence-corrected chi connectivity index (χ0v) is 11.8. The van der Waals surface area contributed by atoms with Crippen molar-refractivity contribution in [3.05, 3.63) is 39.9 Å². The zero-order chi connectivity index (χ0) is 15.2. The molecule has 0 bridgehead atoms. The van der Waals surface area contributed by atoms with Crippen LogP contribution in [0.1, 0.15) is 18.9 Å². The summed E-state index contributed by atoms with van der Waals surface area (Å²) >= 11 is 0. The summed E-state index contributed by atoms with van der Waals surface area (Å²) in [7, 11) is -3.46. The minimum absolute atomic E-state index is 0.0302. The monoisotopic (exact) mass is 297 g/mol. The van der Waals surface area contributed by atoms with E-state index in [0.717, 1.165) is 0 Å². The number of hydrogen-bond acceptors (Lipinski definition) is 5. The summed E-state index contributed by atoms with van der Waals surface area (Å²) in [6.45, 7) is 1.62. The fourth-order valence-electron chi connectivity index (χ4n) is 1.58. The standard InChI is InChI=1S/C12H15N3O4S/c1-10(6-8-13)14-20(18,19)9-7-11-2-4-12(5-3-11)15(16)17/h2-5,10,14H,6-7,9H2,1H3/t10-/m0/s1. The number of nitriles is 1. The third kappa shape index (κ3) is 5.34. The molecule has 0 aliphatic carbocycles. The number of non-ortho nitro benzene ring substituents is 1. The Morgan fingerprint density at radius 1 is 1.40 bits per heavy atom. The van der Waals surface area contributed by atoms with Crippen LogP contribution in [0, 0.1) is 21.4 Å². The van der Waals surface area contributed by atoms with E-state index in [1.54, 1.807) is 6.92 Å². The van der Waals surface area contributed by atoms with Crippen molar-refractivity contribution in [2.24, 2.45) is 0 Å². The number of nitro groups is 1. The molecule has 0 spiro atoms. The summed E-state index contributed by atoms with van der Waals surface area (Å²) in [4.78, 5) is 9.98. The summed E-state index contributed by atoms with van der Waals surface area (Å²) in [5.74, 6) is -0.124. The summed E-state index contributed by atoms with van der Waals surface area (Å²) in [6, 6.07) is 7.21. The predicted molar refractivity (Wildman–Crippen MR) is 73.4 cm³/mol. The van der Waals surface area contributed by atoms with Crippen molar-refractivity contribution in [1.29, 1.82) is 5.26 Å². The highest BCUT2D eigenvalue weighted by Gasteiger charge is 2.14. The van der Waals surface area contributed by atoms with E-state index in [0.29, 0.717) is 5.56 Å². The van der Waals surface area contributed by atoms with Crippen LogP contribution in [0.15, 0.2) is 24.3 Å². The molecule has 1 atom stereocenters. The van der Waals surface area contributed by atoms with Gasteiger partial charge in [0.25, 0.3) is 5.69 Å². The van der Waals surface area contributed by atoms with Crippen molar-refractivity contribution in [1.82, 2.24) is 4.72 Å². The first-order valence-electron chi connectivity index (χ1n) is 5.94. The highest BCUT2D eigenvalue weighted by molar-refractivity contribution is 7.89. The molecule has 0 fully saturated rings. The molecule has 20 heavy (non-hydrogen) atoms. The van der Waals surface area contributed by atoms with Crippen LogP contribution in [0.3, 0.4) is 0 Å². The molecule has 1 rings (SSSR count). The van der Waals surface area contributed by atoms with E-state index in [4.69, 9.17) is 5.26 Å². The first kappa shape index (κ1) is 16.1. The van der Waals surface area contributed by atoms with Gasteiger partial charge in [-0.15, -0.1) is 0 Å². The van der Waals surface area contributed by atoms with Gasteiger partial charge in [-0.2, -0.15) is 5.26 Å². The Balaban J connectivity index is 2.58. The average molecular weight is 297 g/mol. The maximum Gasteiger partial charge on any atom is 0.269 e. The van der Waals surface area contributed by atoms with Gasteiger partial charge in [-0.05, 0) is 18.9 Å². The van der Waals surface area contributed by atoms with E-state index in [-0.39, 0.29) is 24.3 Å². The van der Waals surface area contributed by atoms with Crippen molar-refractivity contribution in [2.45, 2.75) is 25.8 Å². The van der Waals surface area contributed by atoms with Crippen molar-refractivity contribution in [3.63, 3.8) is 0 Å². The number of aryl methyl sites for hydroxylation is 1. The van der Waals surface area contributed by atoms with Crippen molar-refractivity contribution < 1.29 is 13.3 Å². The summed E-state index contributed by atoms with van der Waals surface area (Å²) in [6.07, 6.45) is 0.364. The van der Waals surface area contributed by atoms with Crippen molar-refractivity contribution in [3.8, 4) is 6.07 Å². The van der Waals surface area contributed by atoms with Crippen molar-refractivity contribution >= 4 is 15.7 Å². The molecule has 0 aliphatic heterocycles. The maximum absolute atomic E-state index is 11.7. The fraction of sp³-hybridized carbons (Fsp3) is 0.417. The quantitative estimate of drug-likeness (QED) is 0.603. The van der Waals surface area contributed by atoms with Crippen LogP contribution < -0.4 is 4.72 Å². The maximum atomic E-state index is 11.7. The van der Waals surface area contributed by atoms with Crippen LogP contribution in [0.2, 0.25) is 0 Å². The minimum Gasteiger partial charge on any atom is -0.258 e. The molecule has 108 valence electrons. The van der Waals surface area contributed by atoms with Crippen molar-refractivity contribution in [2.75, 3.05) is 5.75 Å². The highest BCUT2D eigenvalue weighted by atomic mass is 32.2. The molecule has 0 aliphatic rings. The number of hydrogen-bond donors (Lipinski definition) is 1. The average Bonchev–Trinajstić information content (AvgIpc) is 2.36. The molecule has 0 saturated heterocycles. The van der Waals surface area contributed by atoms with Gasteiger partial charge in [-0.3, -0.25) is 10.1 Å². The largest absolute Gasteiger partial charge is 0.269 e.